The molecule has 2 aromatic rings. The standard InChI is InChI=1S/C18H23N3O2/c1-12-19-11-14(20-12)17(22)21(4)15-10-16(18(15,2)3)23-13-8-6-5-7-9-13/h5-9,11,15-16H,10H2,1-4H3,(H,19,20)/t15-,16+/m1/s1. The lowest BCUT2D eigenvalue weighted by molar-refractivity contribution is -0.0887. The van der Waals surface area contributed by atoms with Crippen molar-refractivity contribution in [2.45, 2.75) is 39.3 Å². The number of hydrogen-bond donors (Lipinski definition) is 1. The number of aryl methyl sites for hydroxylation is 1. The minimum Gasteiger partial charge on any atom is -0.490 e. The Morgan fingerprint density at radius 2 is 2.04 bits per heavy atom. The first kappa shape index (κ1) is 15.6. The number of ether oxygens (including phenoxy) is 1. The summed E-state index contributed by atoms with van der Waals surface area (Å²) >= 11 is 0. The van der Waals surface area contributed by atoms with Gasteiger partial charge in [0, 0.05) is 24.9 Å². The van der Waals surface area contributed by atoms with Crippen molar-refractivity contribution >= 4 is 5.91 Å². The molecule has 1 aromatic carbocycles. The number of nitrogens with zero attached hydrogens (tertiary/aromatic N) is 2. The number of carbonyl (C=O) groups excluding carboxylic acids is 1. The van der Waals surface area contributed by atoms with Crippen molar-refractivity contribution in [3.05, 3.63) is 48.0 Å². The summed E-state index contributed by atoms with van der Waals surface area (Å²) in [6, 6.07) is 9.98. The number of para-hydroxylation sites is 1. The zero-order valence-electron chi connectivity index (χ0n) is 14.0. The van der Waals surface area contributed by atoms with E-state index in [1.807, 2.05) is 44.3 Å². The highest BCUT2D eigenvalue weighted by atomic mass is 16.5. The lowest BCUT2D eigenvalue weighted by Crippen LogP contribution is -2.63. The van der Waals surface area contributed by atoms with Gasteiger partial charge in [-0.05, 0) is 19.1 Å². The van der Waals surface area contributed by atoms with E-state index in [4.69, 9.17) is 4.74 Å². The normalized spacial score (nSPS) is 22.3. The number of aromatic amines is 1. The van der Waals surface area contributed by atoms with Crippen LogP contribution in [0.15, 0.2) is 36.5 Å². The molecule has 1 aliphatic carbocycles. The summed E-state index contributed by atoms with van der Waals surface area (Å²) in [5.74, 6) is 1.60. The molecule has 0 aliphatic heterocycles. The fraction of sp³-hybridized carbons (Fsp3) is 0.444. The summed E-state index contributed by atoms with van der Waals surface area (Å²) in [6.45, 7) is 6.14. The first-order valence-corrected chi connectivity index (χ1v) is 7.90. The molecule has 122 valence electrons. The molecule has 1 amide bonds. The Hall–Kier alpha value is -2.30. The number of imidazole rings is 1. The molecule has 0 unspecified atom stereocenters. The van der Waals surface area contributed by atoms with Gasteiger partial charge in [0.1, 0.15) is 23.4 Å². The van der Waals surface area contributed by atoms with Crippen molar-refractivity contribution in [1.82, 2.24) is 14.9 Å². The molecule has 23 heavy (non-hydrogen) atoms. The van der Waals surface area contributed by atoms with E-state index in [2.05, 4.69) is 23.8 Å². The van der Waals surface area contributed by atoms with Crippen molar-refractivity contribution in [3.63, 3.8) is 0 Å². The van der Waals surface area contributed by atoms with Gasteiger partial charge in [-0.2, -0.15) is 0 Å². The third-order valence-corrected chi connectivity index (χ3v) is 4.87. The Bertz CT molecular complexity index is 693. The fourth-order valence-electron chi connectivity index (χ4n) is 3.25. The number of carbonyl (C=O) groups is 1. The number of aromatic nitrogens is 2. The van der Waals surface area contributed by atoms with Crippen LogP contribution in [0.1, 0.15) is 36.6 Å². The summed E-state index contributed by atoms with van der Waals surface area (Å²) in [6.07, 6.45) is 2.53. The smallest absolute Gasteiger partial charge is 0.271 e. The molecule has 1 aliphatic rings. The number of hydrogen-bond acceptors (Lipinski definition) is 3. The second kappa shape index (κ2) is 5.72. The highest BCUT2D eigenvalue weighted by Crippen LogP contribution is 2.45. The van der Waals surface area contributed by atoms with Gasteiger partial charge < -0.3 is 14.6 Å². The second-order valence-corrected chi connectivity index (χ2v) is 6.79. The predicted octanol–water partition coefficient (Wildman–Crippen LogP) is 3.04. The van der Waals surface area contributed by atoms with Crippen molar-refractivity contribution < 1.29 is 9.53 Å². The summed E-state index contributed by atoms with van der Waals surface area (Å²) in [5.41, 5.74) is 0.434. The minimum absolute atomic E-state index is 0.0261. The number of rotatable bonds is 4. The molecule has 0 spiro atoms. The van der Waals surface area contributed by atoms with E-state index in [1.54, 1.807) is 11.1 Å². The predicted molar refractivity (Wildman–Crippen MR) is 88.5 cm³/mol. The molecule has 5 heteroatoms. The van der Waals surface area contributed by atoms with Gasteiger partial charge in [-0.25, -0.2) is 4.98 Å². The molecule has 3 rings (SSSR count). The topological polar surface area (TPSA) is 58.2 Å². The molecule has 5 nitrogen and oxygen atoms in total. The number of H-pyrrole nitrogens is 1. The van der Waals surface area contributed by atoms with Crippen LogP contribution in [0.5, 0.6) is 5.75 Å². The van der Waals surface area contributed by atoms with Crippen LogP contribution in [0.25, 0.3) is 0 Å². The van der Waals surface area contributed by atoms with Gasteiger partial charge in [0.2, 0.25) is 0 Å². The van der Waals surface area contributed by atoms with Gasteiger partial charge in [0.15, 0.2) is 0 Å². The molecule has 0 bridgehead atoms. The Labute approximate surface area is 136 Å². The van der Waals surface area contributed by atoms with Crippen molar-refractivity contribution in [2.24, 2.45) is 5.41 Å². The average Bonchev–Trinajstić information content (AvgIpc) is 2.97. The van der Waals surface area contributed by atoms with Crippen molar-refractivity contribution in [2.75, 3.05) is 7.05 Å². The average molecular weight is 313 g/mol. The number of amides is 1. The van der Waals surface area contributed by atoms with Gasteiger partial charge >= 0.3 is 0 Å². The molecule has 1 fully saturated rings. The lowest BCUT2D eigenvalue weighted by Gasteiger charge is -2.54. The Morgan fingerprint density at radius 1 is 1.35 bits per heavy atom. The molecule has 2 atom stereocenters. The van der Waals surface area contributed by atoms with E-state index >= 15 is 0 Å². The summed E-state index contributed by atoms with van der Waals surface area (Å²) < 4.78 is 6.08. The quantitative estimate of drug-likeness (QED) is 0.944. The third kappa shape index (κ3) is 2.83. The van der Waals surface area contributed by atoms with E-state index < -0.39 is 0 Å². The minimum atomic E-state index is -0.102. The molecule has 1 saturated carbocycles. The van der Waals surface area contributed by atoms with Crippen LogP contribution >= 0.6 is 0 Å². The highest BCUT2D eigenvalue weighted by molar-refractivity contribution is 5.92. The van der Waals surface area contributed by atoms with E-state index in [0.717, 1.165) is 18.0 Å². The number of benzene rings is 1. The van der Waals surface area contributed by atoms with Crippen LogP contribution in [0.2, 0.25) is 0 Å². The number of nitrogens with one attached hydrogen (secondary N) is 1. The monoisotopic (exact) mass is 313 g/mol. The molecule has 1 aromatic heterocycles. The largest absolute Gasteiger partial charge is 0.490 e. The maximum atomic E-state index is 12.6. The van der Waals surface area contributed by atoms with Crippen LogP contribution in [0.3, 0.4) is 0 Å². The van der Waals surface area contributed by atoms with E-state index in [1.165, 1.54) is 0 Å². The van der Waals surface area contributed by atoms with E-state index in [0.29, 0.717) is 5.69 Å². The molecule has 1 heterocycles. The Kier molecular flexibility index (Phi) is 3.88. The maximum absolute atomic E-state index is 12.6. The van der Waals surface area contributed by atoms with Crippen LogP contribution in [0.4, 0.5) is 0 Å². The molecule has 0 radical (unpaired) electrons. The van der Waals surface area contributed by atoms with Gasteiger partial charge in [-0.15, -0.1) is 0 Å². The van der Waals surface area contributed by atoms with Crippen molar-refractivity contribution in [1.29, 1.82) is 0 Å². The molecule has 0 saturated heterocycles. The van der Waals surface area contributed by atoms with Gasteiger partial charge in [0.05, 0.1) is 6.20 Å². The SMILES string of the molecule is Cc1ncc(C(=O)N(C)[C@@H]2C[C@H](Oc3ccccc3)C2(C)C)[nH]1. The van der Waals surface area contributed by atoms with Crippen LogP contribution in [-0.4, -0.2) is 40.0 Å². The maximum Gasteiger partial charge on any atom is 0.271 e. The summed E-state index contributed by atoms with van der Waals surface area (Å²) in [5, 5.41) is 0. The summed E-state index contributed by atoms with van der Waals surface area (Å²) in [7, 11) is 1.85. The van der Waals surface area contributed by atoms with Crippen LogP contribution in [-0.2, 0) is 0 Å². The first-order valence-electron chi connectivity index (χ1n) is 7.90. The third-order valence-electron chi connectivity index (χ3n) is 4.87. The second-order valence-electron chi connectivity index (χ2n) is 6.79. The molecular formula is C18H23N3O2. The molecular weight excluding hydrogens is 290 g/mol. The summed E-state index contributed by atoms with van der Waals surface area (Å²) in [4.78, 5) is 21.5. The lowest BCUT2D eigenvalue weighted by atomic mass is 9.63. The van der Waals surface area contributed by atoms with Gasteiger partial charge in [-0.3, -0.25) is 4.79 Å². The van der Waals surface area contributed by atoms with E-state index in [9.17, 15) is 4.79 Å². The van der Waals surface area contributed by atoms with Gasteiger partial charge in [0.25, 0.3) is 5.91 Å². The molecule has 1 N–H and O–H groups in total. The van der Waals surface area contributed by atoms with Crippen LogP contribution < -0.4 is 4.74 Å². The Balaban J connectivity index is 1.67. The highest BCUT2D eigenvalue weighted by Gasteiger charge is 2.53. The first-order chi connectivity index (χ1) is 10.9. The van der Waals surface area contributed by atoms with E-state index in [-0.39, 0.29) is 23.5 Å². The van der Waals surface area contributed by atoms with Gasteiger partial charge in [-0.1, -0.05) is 32.0 Å². The van der Waals surface area contributed by atoms with Crippen molar-refractivity contribution in [3.8, 4) is 5.75 Å². The zero-order chi connectivity index (χ0) is 16.6. The fourth-order valence-corrected chi connectivity index (χ4v) is 3.25. The zero-order valence-corrected chi connectivity index (χ0v) is 14.0. The van der Waals surface area contributed by atoms with Crippen LogP contribution in [0, 0.1) is 12.3 Å². The Morgan fingerprint density at radius 3 is 2.61 bits per heavy atom.